The van der Waals surface area contributed by atoms with Gasteiger partial charge in [-0.15, -0.1) is 8.42 Å². The fraction of sp³-hybridized carbons (Fsp3) is 0.434. The zero-order chi connectivity index (χ0) is 78.1. The number of amides is 2. The maximum Gasteiger partial charge on any atom is 0.501 e. The van der Waals surface area contributed by atoms with Gasteiger partial charge in [-0.05, 0) is 109 Å². The van der Waals surface area contributed by atoms with E-state index in [1.807, 2.05) is 32.3 Å². The minimum Gasteiger partial charge on any atom is -0.493 e. The molecule has 5 aromatic rings. The van der Waals surface area contributed by atoms with Crippen LogP contribution in [0.2, 0.25) is 0 Å². The number of aliphatic imine (C=N–C) groups is 2. The molecule has 0 radical (unpaired) electrons. The van der Waals surface area contributed by atoms with E-state index < -0.39 is 88.9 Å². The van der Waals surface area contributed by atoms with Crippen molar-refractivity contribution in [1.29, 1.82) is 0 Å². The zero-order valence-electron chi connectivity index (χ0n) is 61.7. The van der Waals surface area contributed by atoms with Crippen LogP contribution in [0.25, 0.3) is 10.4 Å². The third-order valence-electron chi connectivity index (χ3n) is 17.6. The monoisotopic (exact) mass is 1530 g/mol. The van der Waals surface area contributed by atoms with E-state index in [0.29, 0.717) is 89.0 Å². The molecule has 32 nitrogen and oxygen atoms in total. The van der Waals surface area contributed by atoms with Crippen LogP contribution < -0.4 is 32.1 Å². The topological polar surface area (TPSA) is 372 Å². The molecule has 580 valence electrons. The number of carbonyl (C=O) groups excluding carboxylic acids is 7. The molecule has 7 atom stereocenters. The van der Waals surface area contributed by atoms with Crippen LogP contribution in [0.3, 0.4) is 0 Å². The van der Waals surface area contributed by atoms with E-state index in [0.717, 1.165) is 67.2 Å². The summed E-state index contributed by atoms with van der Waals surface area (Å²) in [5.74, 6) is -4.25. The van der Waals surface area contributed by atoms with Gasteiger partial charge in [0, 0.05) is 107 Å². The van der Waals surface area contributed by atoms with E-state index in [2.05, 4.69) is 23.2 Å². The van der Waals surface area contributed by atoms with E-state index in [1.54, 1.807) is 58.6 Å². The Morgan fingerprint density at radius 1 is 0.606 bits per heavy atom. The number of nitrogens with zero attached hydrogens (tertiary/aromatic N) is 8. The molecule has 109 heavy (non-hydrogen) atoms. The molecule has 10 rings (SSSR count). The summed E-state index contributed by atoms with van der Waals surface area (Å²) < 4.78 is 115. The van der Waals surface area contributed by atoms with E-state index in [-0.39, 0.29) is 107 Å². The van der Waals surface area contributed by atoms with Crippen LogP contribution in [0.15, 0.2) is 124 Å². The molecule has 5 aromatic carbocycles. The summed E-state index contributed by atoms with van der Waals surface area (Å²) in [6.07, 6.45) is -3.39. The largest absolute Gasteiger partial charge is 0.501 e. The Bertz CT molecular complexity index is 4350. The lowest BCUT2D eigenvalue weighted by Crippen LogP contribution is -2.63. The first-order chi connectivity index (χ1) is 52.1. The van der Waals surface area contributed by atoms with Crippen LogP contribution in [0.1, 0.15) is 107 Å². The smallest absolute Gasteiger partial charge is 0.493 e. The Morgan fingerprint density at radius 3 is 1.67 bits per heavy atom. The molecule has 0 bridgehead atoms. The Balaban J connectivity index is 0.870. The number of ketones is 1. The van der Waals surface area contributed by atoms with Gasteiger partial charge in [-0.2, -0.15) is 0 Å². The highest BCUT2D eigenvalue weighted by Crippen LogP contribution is 2.42. The number of ether oxygens (including phenoxy) is 13. The predicted octanol–water partition coefficient (Wildman–Crippen LogP) is 9.10. The Kier molecular flexibility index (Phi) is 27.2. The van der Waals surface area contributed by atoms with E-state index in [4.69, 9.17) is 85.5 Å². The molecule has 2 amide bonds. The maximum atomic E-state index is 14.2. The number of hydrogen-bond donors (Lipinski definition) is 0. The summed E-state index contributed by atoms with van der Waals surface area (Å²) in [6, 6.07) is 22.0. The van der Waals surface area contributed by atoms with Gasteiger partial charge in [0.05, 0.1) is 95.9 Å². The van der Waals surface area contributed by atoms with Gasteiger partial charge >= 0.3 is 34.3 Å². The molecular formula is C76H87N8O24S+. The van der Waals surface area contributed by atoms with Gasteiger partial charge in [0.2, 0.25) is 12.4 Å². The van der Waals surface area contributed by atoms with Crippen molar-refractivity contribution in [1.82, 2.24) is 9.80 Å². The van der Waals surface area contributed by atoms with E-state index >= 15 is 0 Å². The molecule has 1 unspecified atom stereocenters. The predicted molar refractivity (Wildman–Crippen MR) is 390 cm³/mol. The highest BCUT2D eigenvalue weighted by Gasteiger charge is 2.54. The molecule has 33 heteroatoms. The minimum absolute atomic E-state index is 0.0456. The number of benzene rings is 5. The van der Waals surface area contributed by atoms with Crippen LogP contribution in [0.5, 0.6) is 40.2 Å². The molecule has 0 spiro atoms. The first-order valence-electron chi connectivity index (χ1n) is 34.9. The summed E-state index contributed by atoms with van der Waals surface area (Å²) in [7, 11) is 1.85. The molecule has 5 aliphatic heterocycles. The molecule has 5 heterocycles. The molecule has 5 aliphatic rings. The number of rotatable bonds is 37. The summed E-state index contributed by atoms with van der Waals surface area (Å²) in [5.41, 5.74) is 15.0. The second-order valence-corrected chi connectivity index (χ2v) is 28.0. The lowest BCUT2D eigenvalue weighted by molar-refractivity contribution is -0.916. The summed E-state index contributed by atoms with van der Waals surface area (Å²) >= 11 is 0. The number of fused-ring (bicyclic) bond motifs is 4. The number of hydrogen-bond acceptors (Lipinski definition) is 27. The van der Waals surface area contributed by atoms with Gasteiger partial charge in [-0.3, -0.25) is 43.5 Å². The third-order valence-corrected chi connectivity index (χ3v) is 18.4. The second kappa shape index (κ2) is 36.8. The minimum atomic E-state index is -5.16. The van der Waals surface area contributed by atoms with Crippen molar-refractivity contribution in [2.75, 3.05) is 94.2 Å². The number of quaternary nitrogens is 1. The lowest BCUT2D eigenvalue weighted by Gasteiger charge is -2.43. The highest BCUT2D eigenvalue weighted by molar-refractivity contribution is 7.82. The van der Waals surface area contributed by atoms with Crippen molar-refractivity contribution in [2.24, 2.45) is 15.1 Å². The van der Waals surface area contributed by atoms with Gasteiger partial charge in [0.15, 0.2) is 52.5 Å². The van der Waals surface area contributed by atoms with Gasteiger partial charge in [-0.1, -0.05) is 29.4 Å². The van der Waals surface area contributed by atoms with Crippen molar-refractivity contribution < 1.29 is 116 Å². The summed E-state index contributed by atoms with van der Waals surface area (Å²) in [5, 5.41) is 3.39. The normalized spacial score (nSPS) is 19.2. The number of methoxy groups -OCH3 is 2. The zero-order valence-corrected chi connectivity index (χ0v) is 62.5. The summed E-state index contributed by atoms with van der Waals surface area (Å²) in [4.78, 5) is 107. The average molecular weight is 1530 g/mol. The van der Waals surface area contributed by atoms with Gasteiger partial charge < -0.3 is 84.2 Å². The summed E-state index contributed by atoms with van der Waals surface area (Å²) in [6.45, 7) is 15.1. The molecule has 0 N–H and O–H groups in total. The Hall–Kier alpha value is -10.9. The SMILES string of the molecule is C=C1C[C@H]2C=Nc3cc(OCc4cc(COc5cc6c(cc5OC)C(=O)N5CC(=C)C[C@H]5C=N6)cc(C[N+](C)(C)Cc5ccc(OS(=O)(=O)Oc6cc(C(=O)CCCOCCOCCOCCN=[N+]=[N-])ccc6OC6O[C@H](COC(C)=O)[C@H](OC(C)=O)[C@H](OC(C)=O)[C@@H]6OC(C)=O)cc5)c4)c(OC)cc3C(=O)N2C1. The molecule has 0 aliphatic carbocycles. The van der Waals surface area contributed by atoms with Gasteiger partial charge in [-0.25, -0.2) is 0 Å². The molecule has 3 fully saturated rings. The fourth-order valence-electron chi connectivity index (χ4n) is 13.0. The number of carbonyl (C=O) groups is 7. The van der Waals surface area contributed by atoms with Crippen molar-refractivity contribution >= 4 is 75.7 Å². The first-order valence-corrected chi connectivity index (χ1v) is 36.3. The van der Waals surface area contributed by atoms with Crippen molar-refractivity contribution in [3.8, 4) is 40.2 Å². The number of azide groups is 1. The average Bonchev–Trinajstić information content (AvgIpc) is 1.73. The lowest BCUT2D eigenvalue weighted by atomic mass is 9.98. The first kappa shape index (κ1) is 80.6. The standard InChI is InChI=1S/C76H87N8O24S/c1-45-26-56-36-78-61-34-67(65(94-9)32-59(61)74(90)82(56)38-45)100-42-53-28-52(29-54(30-53)43-101-68-35-62-60(33-66(68)95-10)75(91)83-39-46(2)27-57(83)37-79-62)41-84(7,8)40-51-13-16-58(17-14-51)107-109(92,93)108-69-31-55(63(89)12-11-20-96-22-24-98-25-23-97-21-19-80-81-77)15-18-64(69)105-76-73(104-50(6)88)72(103-49(5)87)71(102-48(4)86)70(106-76)44-99-47(3)85/h13-18,28-37,56-57,70-73,76H,1-2,11-12,19-27,38-44H2,3-10H3/q+1/t56-,57-,70+,71-,72-,73-,76?/m0/s1. The third kappa shape index (κ3) is 21.9. The Labute approximate surface area is 629 Å². The van der Waals surface area contributed by atoms with Gasteiger partial charge in [0.1, 0.15) is 44.8 Å². The van der Waals surface area contributed by atoms with Crippen LogP contribution in [0.4, 0.5) is 11.4 Å². The number of esters is 4. The molecule has 0 saturated carbocycles. The second-order valence-electron chi connectivity index (χ2n) is 26.9. The van der Waals surface area contributed by atoms with E-state index in [9.17, 15) is 42.0 Å². The van der Waals surface area contributed by atoms with Crippen molar-refractivity contribution in [2.45, 2.75) is 122 Å². The maximum absolute atomic E-state index is 14.2. The number of Topliss-reactive ketones (excluding diaryl/α,β-unsaturated/α-hetero) is 1. The van der Waals surface area contributed by atoms with Crippen LogP contribution >= 0.6 is 0 Å². The highest BCUT2D eigenvalue weighted by atomic mass is 32.3. The molecule has 0 aromatic heterocycles. The van der Waals surface area contributed by atoms with Crippen LogP contribution in [-0.4, -0.2) is 214 Å². The molecular weight excluding hydrogens is 1440 g/mol. The fourth-order valence-corrected chi connectivity index (χ4v) is 13.7. The van der Waals surface area contributed by atoms with Crippen molar-refractivity contribution in [3.05, 3.63) is 159 Å². The Morgan fingerprint density at radius 2 is 1.13 bits per heavy atom. The quantitative estimate of drug-likeness (QED) is 0.00411. The van der Waals surface area contributed by atoms with E-state index in [1.165, 1.54) is 38.5 Å². The van der Waals surface area contributed by atoms with Crippen LogP contribution in [0, 0.1) is 0 Å². The van der Waals surface area contributed by atoms with Crippen LogP contribution in [-0.2, 0) is 93.8 Å². The molecule has 3 saturated heterocycles. The van der Waals surface area contributed by atoms with Crippen molar-refractivity contribution in [3.63, 3.8) is 0 Å². The van der Waals surface area contributed by atoms with Gasteiger partial charge in [0.25, 0.3) is 11.8 Å².